The number of carbonyl (C=O) groups excluding carboxylic acids is 2. The molecule has 2 aliphatic rings. The van der Waals surface area contributed by atoms with E-state index in [0.29, 0.717) is 12.0 Å². The number of aliphatic hydroxyl groups is 1. The molecule has 7 nitrogen and oxygen atoms in total. The van der Waals surface area contributed by atoms with Crippen LogP contribution in [0.15, 0.2) is 16.2 Å². The third kappa shape index (κ3) is 3.84. The van der Waals surface area contributed by atoms with Crippen LogP contribution in [0, 0.1) is 13.8 Å². The lowest BCUT2D eigenvalue weighted by atomic mass is 9.75. The molecule has 0 unspecified atom stereocenters. The molecule has 0 aromatic heterocycles. The number of Topliss-reactive ketones (excluding diaryl/α,β-unsaturated/α-hetero) is 2. The Morgan fingerprint density at radius 3 is 2.17 bits per heavy atom. The number of carbonyl (C=O) groups is 2. The number of nitrogens with one attached hydrogen (secondary N) is 1. The van der Waals surface area contributed by atoms with Gasteiger partial charge in [0.05, 0.1) is 10.5 Å². The summed E-state index contributed by atoms with van der Waals surface area (Å²) >= 11 is 0. The van der Waals surface area contributed by atoms with Gasteiger partial charge in [0.2, 0.25) is 0 Å². The van der Waals surface area contributed by atoms with Crippen LogP contribution in [-0.4, -0.2) is 44.2 Å². The second-order valence-corrected chi connectivity index (χ2v) is 10.0. The normalized spacial score (nSPS) is 19.5. The van der Waals surface area contributed by atoms with Crippen LogP contribution in [0.1, 0.15) is 66.3 Å². The summed E-state index contributed by atoms with van der Waals surface area (Å²) in [6.45, 7) is 5.43. The Hall–Kier alpha value is -2.03. The number of nitrogens with zero attached hydrogens (tertiary/aromatic N) is 1. The first-order chi connectivity index (χ1) is 14.0. The Morgan fingerprint density at radius 2 is 1.63 bits per heavy atom. The fourth-order valence-electron chi connectivity index (χ4n) is 5.04. The molecular formula is C22H30N2O5S. The molecule has 0 aliphatic heterocycles. The van der Waals surface area contributed by atoms with E-state index < -0.39 is 15.9 Å². The van der Waals surface area contributed by atoms with E-state index in [1.165, 1.54) is 5.01 Å². The Morgan fingerprint density at radius 1 is 1.07 bits per heavy atom. The molecule has 8 heteroatoms. The van der Waals surface area contributed by atoms with E-state index in [0.717, 1.165) is 35.1 Å². The second kappa shape index (κ2) is 8.24. The van der Waals surface area contributed by atoms with Crippen molar-refractivity contribution in [3.8, 4) is 0 Å². The molecule has 1 aromatic rings. The SMILES string of the molecule is CCC(O)=C1C(=O)CC(c2c(C)c3c(c(S(=O)(=O)NN(C)C)c2C)CCC3)CC1=O. The number of hydrogen-bond donors (Lipinski definition) is 2. The lowest BCUT2D eigenvalue weighted by Crippen LogP contribution is -2.37. The molecule has 0 heterocycles. The minimum atomic E-state index is -3.79. The second-order valence-electron chi connectivity index (χ2n) is 8.42. The predicted molar refractivity (Wildman–Crippen MR) is 114 cm³/mol. The van der Waals surface area contributed by atoms with Crippen LogP contribution in [0.2, 0.25) is 0 Å². The van der Waals surface area contributed by atoms with Crippen molar-refractivity contribution in [2.45, 2.75) is 70.1 Å². The molecule has 0 bridgehead atoms. The average Bonchev–Trinajstić information content (AvgIpc) is 3.09. The molecule has 2 N–H and O–H groups in total. The van der Waals surface area contributed by atoms with E-state index >= 15 is 0 Å². The van der Waals surface area contributed by atoms with Gasteiger partial charge in [0.25, 0.3) is 10.0 Å². The number of hydrogen-bond acceptors (Lipinski definition) is 6. The van der Waals surface area contributed by atoms with Gasteiger partial charge in [-0.2, -0.15) is 0 Å². The number of sulfonamides is 1. The van der Waals surface area contributed by atoms with Crippen molar-refractivity contribution in [1.82, 2.24) is 9.84 Å². The van der Waals surface area contributed by atoms with Crippen LogP contribution in [0.25, 0.3) is 0 Å². The number of allylic oxidation sites excluding steroid dienone is 2. The minimum Gasteiger partial charge on any atom is -0.511 e. The number of fused-ring (bicyclic) bond motifs is 1. The van der Waals surface area contributed by atoms with Crippen molar-refractivity contribution in [1.29, 1.82) is 0 Å². The van der Waals surface area contributed by atoms with E-state index in [4.69, 9.17) is 0 Å². The number of hydrazine groups is 1. The van der Waals surface area contributed by atoms with E-state index in [9.17, 15) is 23.1 Å². The summed E-state index contributed by atoms with van der Waals surface area (Å²) in [5.41, 5.74) is 4.16. The van der Waals surface area contributed by atoms with Crippen molar-refractivity contribution in [2.24, 2.45) is 0 Å². The molecule has 164 valence electrons. The van der Waals surface area contributed by atoms with Crippen LogP contribution in [0.5, 0.6) is 0 Å². The standard InChI is InChI=1S/C22H30N2O5S/c1-6-17(25)21-18(26)10-14(11-19(21)27)20-12(2)15-8-7-9-16(15)22(13(20)3)30(28,29)23-24(4)5/h14,23,25H,6-11H2,1-5H3. The molecule has 0 amide bonds. The highest BCUT2D eigenvalue weighted by atomic mass is 32.2. The summed E-state index contributed by atoms with van der Waals surface area (Å²) in [5, 5.41) is 11.4. The first kappa shape index (κ1) is 22.7. The molecular weight excluding hydrogens is 404 g/mol. The van der Waals surface area contributed by atoms with Crippen LogP contribution < -0.4 is 4.83 Å². The molecule has 1 aromatic carbocycles. The molecule has 0 atom stereocenters. The maximum absolute atomic E-state index is 13.2. The molecule has 3 rings (SSSR count). The summed E-state index contributed by atoms with van der Waals surface area (Å²) < 4.78 is 26.3. The monoisotopic (exact) mass is 434 g/mol. The van der Waals surface area contributed by atoms with Gasteiger partial charge in [-0.05, 0) is 66.8 Å². The lowest BCUT2D eigenvalue weighted by molar-refractivity contribution is -0.124. The zero-order chi connectivity index (χ0) is 22.4. The zero-order valence-electron chi connectivity index (χ0n) is 18.3. The van der Waals surface area contributed by atoms with Gasteiger partial charge >= 0.3 is 0 Å². The highest BCUT2D eigenvalue weighted by Crippen LogP contribution is 2.43. The van der Waals surface area contributed by atoms with Crippen molar-refractivity contribution in [2.75, 3.05) is 14.1 Å². The number of rotatable bonds is 5. The quantitative estimate of drug-likeness (QED) is 0.320. The van der Waals surface area contributed by atoms with Gasteiger partial charge < -0.3 is 5.11 Å². The first-order valence-corrected chi connectivity index (χ1v) is 11.8. The third-order valence-corrected chi connectivity index (χ3v) is 7.81. The number of aliphatic hydroxyl groups excluding tert-OH is 1. The van der Waals surface area contributed by atoms with E-state index in [1.54, 1.807) is 27.9 Å². The van der Waals surface area contributed by atoms with E-state index in [1.807, 2.05) is 6.92 Å². The van der Waals surface area contributed by atoms with Crippen molar-refractivity contribution >= 4 is 21.6 Å². The van der Waals surface area contributed by atoms with E-state index in [2.05, 4.69) is 4.83 Å². The first-order valence-electron chi connectivity index (χ1n) is 10.3. The Kier molecular flexibility index (Phi) is 6.23. The van der Waals surface area contributed by atoms with Crippen molar-refractivity contribution in [3.05, 3.63) is 39.1 Å². The molecule has 0 spiro atoms. The maximum atomic E-state index is 13.2. The largest absolute Gasteiger partial charge is 0.511 e. The summed E-state index contributed by atoms with van der Waals surface area (Å²) in [6, 6.07) is 0. The Labute approximate surface area is 178 Å². The Bertz CT molecular complexity index is 1030. The molecule has 0 radical (unpaired) electrons. The van der Waals surface area contributed by atoms with Gasteiger partial charge in [-0.1, -0.05) is 6.92 Å². The number of ketones is 2. The van der Waals surface area contributed by atoms with Gasteiger partial charge in [-0.15, -0.1) is 4.83 Å². The smallest absolute Gasteiger partial charge is 0.253 e. The fraction of sp³-hybridized carbons (Fsp3) is 0.545. The van der Waals surface area contributed by atoms with Gasteiger partial charge in [0.1, 0.15) is 5.76 Å². The van der Waals surface area contributed by atoms with Gasteiger partial charge in [0, 0.05) is 33.4 Å². The molecule has 2 aliphatic carbocycles. The highest BCUT2D eigenvalue weighted by molar-refractivity contribution is 7.89. The van der Waals surface area contributed by atoms with Crippen LogP contribution >= 0.6 is 0 Å². The van der Waals surface area contributed by atoms with Gasteiger partial charge in [-0.3, -0.25) is 9.59 Å². The van der Waals surface area contributed by atoms with Gasteiger partial charge in [-0.25, -0.2) is 13.4 Å². The van der Waals surface area contributed by atoms with Gasteiger partial charge in [0.15, 0.2) is 11.6 Å². The molecule has 30 heavy (non-hydrogen) atoms. The average molecular weight is 435 g/mol. The number of benzene rings is 1. The maximum Gasteiger partial charge on any atom is 0.253 e. The fourth-order valence-corrected chi connectivity index (χ4v) is 6.68. The Balaban J connectivity index is 2.17. The van der Waals surface area contributed by atoms with Crippen molar-refractivity contribution in [3.63, 3.8) is 0 Å². The van der Waals surface area contributed by atoms with Crippen LogP contribution in [-0.2, 0) is 32.5 Å². The highest BCUT2D eigenvalue weighted by Gasteiger charge is 2.38. The predicted octanol–water partition coefficient (Wildman–Crippen LogP) is 2.78. The zero-order valence-corrected chi connectivity index (χ0v) is 19.1. The summed E-state index contributed by atoms with van der Waals surface area (Å²) in [5.74, 6) is -1.29. The summed E-state index contributed by atoms with van der Waals surface area (Å²) in [6.07, 6.45) is 2.77. The minimum absolute atomic E-state index is 0.0895. The van der Waals surface area contributed by atoms with Crippen LogP contribution in [0.3, 0.4) is 0 Å². The van der Waals surface area contributed by atoms with E-state index in [-0.39, 0.29) is 47.1 Å². The lowest BCUT2D eigenvalue weighted by Gasteiger charge is -2.29. The molecule has 0 saturated heterocycles. The van der Waals surface area contributed by atoms with Crippen molar-refractivity contribution < 1.29 is 23.1 Å². The summed E-state index contributed by atoms with van der Waals surface area (Å²) in [4.78, 5) is 28.2. The third-order valence-electron chi connectivity index (χ3n) is 6.12. The van der Waals surface area contributed by atoms with Crippen LogP contribution in [0.4, 0.5) is 0 Å². The molecule has 1 fully saturated rings. The topological polar surface area (TPSA) is 104 Å². The molecule has 1 saturated carbocycles. The summed E-state index contributed by atoms with van der Waals surface area (Å²) in [7, 11) is -0.552.